The van der Waals surface area contributed by atoms with E-state index in [9.17, 15) is 0 Å². The average molecular weight is 177 g/mol. The molecule has 0 amide bonds. The molecule has 0 radical (unpaired) electrons. The molecule has 1 aromatic rings. The first kappa shape index (κ1) is 8.73. The van der Waals surface area contributed by atoms with Gasteiger partial charge in [0.1, 0.15) is 0 Å². The molecule has 1 aliphatic rings. The number of ether oxygens (including phenoxy) is 1. The molecule has 2 heteroatoms. The van der Waals surface area contributed by atoms with Gasteiger partial charge >= 0.3 is 0 Å². The van der Waals surface area contributed by atoms with E-state index in [2.05, 4.69) is 19.1 Å². The Bertz CT molecular complexity index is 277. The maximum absolute atomic E-state index is 6.13. The summed E-state index contributed by atoms with van der Waals surface area (Å²) in [6, 6.07) is 10.3. The molecule has 1 heterocycles. The quantitative estimate of drug-likeness (QED) is 0.708. The van der Waals surface area contributed by atoms with Crippen LogP contribution in [0.3, 0.4) is 0 Å². The van der Waals surface area contributed by atoms with Gasteiger partial charge in [-0.05, 0) is 18.9 Å². The van der Waals surface area contributed by atoms with Crippen molar-refractivity contribution in [3.05, 3.63) is 35.9 Å². The van der Waals surface area contributed by atoms with E-state index in [1.807, 2.05) is 18.2 Å². The fourth-order valence-electron chi connectivity index (χ4n) is 1.58. The molecule has 2 nitrogen and oxygen atoms in total. The highest BCUT2D eigenvalue weighted by Crippen LogP contribution is 2.25. The van der Waals surface area contributed by atoms with Crippen LogP contribution in [-0.4, -0.2) is 18.2 Å². The predicted octanol–water partition coefficient (Wildman–Crippen LogP) is 1.35. The smallest absolute Gasteiger partial charge is 0.0989 e. The fourth-order valence-corrected chi connectivity index (χ4v) is 1.58. The van der Waals surface area contributed by atoms with Crippen LogP contribution in [0, 0.1) is 0 Å². The number of epoxide rings is 1. The second-order valence-electron chi connectivity index (χ2n) is 3.99. The Hall–Kier alpha value is -0.860. The molecule has 1 aromatic carbocycles. The first-order valence-electron chi connectivity index (χ1n) is 4.63. The topological polar surface area (TPSA) is 38.5 Å². The Kier molecular flexibility index (Phi) is 2.10. The zero-order valence-corrected chi connectivity index (χ0v) is 7.86. The van der Waals surface area contributed by atoms with E-state index in [0.29, 0.717) is 0 Å². The second-order valence-corrected chi connectivity index (χ2v) is 3.99. The molecule has 2 atom stereocenters. The minimum absolute atomic E-state index is 0.207. The van der Waals surface area contributed by atoms with Crippen LogP contribution in [0.4, 0.5) is 0 Å². The summed E-state index contributed by atoms with van der Waals surface area (Å²) in [5, 5.41) is 0. The third kappa shape index (κ3) is 2.08. The van der Waals surface area contributed by atoms with Crippen molar-refractivity contribution < 1.29 is 4.74 Å². The summed E-state index contributed by atoms with van der Waals surface area (Å²) in [6.45, 7) is 2.87. The van der Waals surface area contributed by atoms with Gasteiger partial charge in [0.2, 0.25) is 0 Å². The van der Waals surface area contributed by atoms with Crippen LogP contribution in [-0.2, 0) is 11.2 Å². The molecular weight excluding hydrogens is 162 g/mol. The summed E-state index contributed by atoms with van der Waals surface area (Å²) in [5.41, 5.74) is 7.20. The summed E-state index contributed by atoms with van der Waals surface area (Å²) in [7, 11) is 0. The molecule has 2 N–H and O–H groups in total. The Balaban J connectivity index is 2.04. The van der Waals surface area contributed by atoms with Crippen molar-refractivity contribution in [3.63, 3.8) is 0 Å². The number of hydrogen-bond acceptors (Lipinski definition) is 2. The minimum Gasteiger partial charge on any atom is -0.371 e. The lowest BCUT2D eigenvalue weighted by Crippen LogP contribution is -2.44. The molecule has 2 rings (SSSR count). The summed E-state index contributed by atoms with van der Waals surface area (Å²) >= 11 is 0. The first-order valence-corrected chi connectivity index (χ1v) is 4.63. The Labute approximate surface area is 78.7 Å². The fraction of sp³-hybridized carbons (Fsp3) is 0.455. The number of nitrogens with two attached hydrogens (primary N) is 1. The molecule has 0 aliphatic carbocycles. The van der Waals surface area contributed by atoms with Gasteiger partial charge in [-0.25, -0.2) is 0 Å². The SMILES string of the molecule is CC(N)(Cc1ccccc1)C1CO1. The van der Waals surface area contributed by atoms with Crippen molar-refractivity contribution >= 4 is 0 Å². The summed E-state index contributed by atoms with van der Waals surface area (Å²) in [4.78, 5) is 0. The molecule has 0 spiro atoms. The lowest BCUT2D eigenvalue weighted by molar-refractivity contribution is 0.302. The highest BCUT2D eigenvalue weighted by molar-refractivity contribution is 5.18. The van der Waals surface area contributed by atoms with Crippen molar-refractivity contribution in [1.82, 2.24) is 0 Å². The van der Waals surface area contributed by atoms with Crippen molar-refractivity contribution in [1.29, 1.82) is 0 Å². The van der Waals surface area contributed by atoms with E-state index in [1.54, 1.807) is 0 Å². The molecule has 13 heavy (non-hydrogen) atoms. The van der Waals surface area contributed by atoms with Crippen LogP contribution in [0.2, 0.25) is 0 Å². The Morgan fingerprint density at radius 3 is 2.62 bits per heavy atom. The summed E-state index contributed by atoms with van der Waals surface area (Å²) in [6.07, 6.45) is 1.14. The van der Waals surface area contributed by atoms with Crippen LogP contribution < -0.4 is 5.73 Å². The molecular formula is C11H15NO. The van der Waals surface area contributed by atoms with E-state index in [0.717, 1.165) is 13.0 Å². The molecule has 70 valence electrons. The van der Waals surface area contributed by atoms with Gasteiger partial charge < -0.3 is 10.5 Å². The molecule has 1 aliphatic heterocycles. The van der Waals surface area contributed by atoms with Crippen molar-refractivity contribution in [2.45, 2.75) is 25.0 Å². The van der Waals surface area contributed by atoms with Crippen LogP contribution in [0.1, 0.15) is 12.5 Å². The van der Waals surface area contributed by atoms with Crippen LogP contribution in [0.15, 0.2) is 30.3 Å². The van der Waals surface area contributed by atoms with Crippen LogP contribution >= 0.6 is 0 Å². The maximum atomic E-state index is 6.13. The largest absolute Gasteiger partial charge is 0.371 e. The second kappa shape index (κ2) is 3.13. The summed E-state index contributed by atoms with van der Waals surface area (Å²) < 4.78 is 5.22. The molecule has 0 bridgehead atoms. The van der Waals surface area contributed by atoms with Gasteiger partial charge in [0.25, 0.3) is 0 Å². The van der Waals surface area contributed by atoms with Crippen molar-refractivity contribution in [2.24, 2.45) is 5.73 Å². The van der Waals surface area contributed by atoms with Crippen molar-refractivity contribution in [2.75, 3.05) is 6.61 Å². The van der Waals surface area contributed by atoms with E-state index < -0.39 is 0 Å². The van der Waals surface area contributed by atoms with Gasteiger partial charge in [0, 0.05) is 5.54 Å². The van der Waals surface area contributed by atoms with Crippen molar-refractivity contribution in [3.8, 4) is 0 Å². The van der Waals surface area contributed by atoms with Gasteiger partial charge in [-0.15, -0.1) is 0 Å². The molecule has 2 unspecified atom stereocenters. The normalized spacial score (nSPS) is 25.2. The van der Waals surface area contributed by atoms with Crippen LogP contribution in [0.25, 0.3) is 0 Å². The number of hydrogen-bond donors (Lipinski definition) is 1. The Morgan fingerprint density at radius 1 is 1.46 bits per heavy atom. The van der Waals surface area contributed by atoms with Gasteiger partial charge in [0.15, 0.2) is 0 Å². The zero-order chi connectivity index (χ0) is 9.31. The highest BCUT2D eigenvalue weighted by atomic mass is 16.6. The van der Waals surface area contributed by atoms with E-state index in [-0.39, 0.29) is 11.6 Å². The predicted molar refractivity (Wildman–Crippen MR) is 52.5 cm³/mol. The first-order chi connectivity index (χ1) is 6.18. The molecule has 1 fully saturated rings. The third-order valence-corrected chi connectivity index (χ3v) is 2.50. The van der Waals surface area contributed by atoms with Gasteiger partial charge in [0.05, 0.1) is 12.7 Å². The van der Waals surface area contributed by atoms with Gasteiger partial charge in [-0.3, -0.25) is 0 Å². The van der Waals surface area contributed by atoms with Crippen LogP contribution in [0.5, 0.6) is 0 Å². The Morgan fingerprint density at radius 2 is 2.08 bits per heavy atom. The zero-order valence-electron chi connectivity index (χ0n) is 7.86. The lowest BCUT2D eigenvalue weighted by Gasteiger charge is -2.22. The third-order valence-electron chi connectivity index (χ3n) is 2.50. The highest BCUT2D eigenvalue weighted by Gasteiger charge is 2.39. The van der Waals surface area contributed by atoms with E-state index >= 15 is 0 Å². The molecule has 1 saturated heterocycles. The molecule has 0 saturated carbocycles. The van der Waals surface area contributed by atoms with E-state index in [1.165, 1.54) is 5.56 Å². The molecule has 0 aromatic heterocycles. The summed E-state index contributed by atoms with van der Waals surface area (Å²) in [5.74, 6) is 0. The van der Waals surface area contributed by atoms with Gasteiger partial charge in [-0.2, -0.15) is 0 Å². The minimum atomic E-state index is -0.207. The standard InChI is InChI=1S/C11H15NO/c1-11(12,10-8-13-10)7-9-5-3-2-4-6-9/h2-6,10H,7-8,12H2,1H3. The number of rotatable bonds is 3. The van der Waals surface area contributed by atoms with Gasteiger partial charge in [-0.1, -0.05) is 30.3 Å². The lowest BCUT2D eigenvalue weighted by atomic mass is 9.91. The average Bonchev–Trinajstić information content (AvgIpc) is 2.87. The number of benzene rings is 1. The van der Waals surface area contributed by atoms with E-state index in [4.69, 9.17) is 10.5 Å². The maximum Gasteiger partial charge on any atom is 0.0989 e. The monoisotopic (exact) mass is 177 g/mol.